The van der Waals surface area contributed by atoms with Crippen LogP contribution in [0, 0.1) is 0 Å². The Hall–Kier alpha value is -0.250. The lowest BCUT2D eigenvalue weighted by molar-refractivity contribution is 0.0600. The van der Waals surface area contributed by atoms with Gasteiger partial charge in [-0.3, -0.25) is 0 Å². The Morgan fingerprint density at radius 2 is 1.93 bits per heavy atom. The second kappa shape index (κ2) is 5.01. The molecule has 0 aromatic heterocycles. The first kappa shape index (κ1) is 11.8. The Morgan fingerprint density at radius 1 is 1.43 bits per heavy atom. The van der Waals surface area contributed by atoms with Crippen molar-refractivity contribution in [3.63, 3.8) is 0 Å². The molecule has 0 amide bonds. The van der Waals surface area contributed by atoms with Crippen LogP contribution in [0.5, 0.6) is 0 Å². The summed E-state index contributed by atoms with van der Waals surface area (Å²) >= 11 is 15.1. The maximum Gasteiger partial charge on any atom is 0.337 e. The Balaban J connectivity index is 3.20. The fourth-order valence-electron chi connectivity index (χ4n) is 0.966. The van der Waals surface area contributed by atoms with Crippen molar-refractivity contribution in [3.05, 3.63) is 33.3 Å². The molecule has 1 rings (SSSR count). The normalized spacial score (nSPS) is 10.0. The minimum atomic E-state index is -0.449. The van der Waals surface area contributed by atoms with Gasteiger partial charge >= 0.3 is 5.97 Å². The first-order valence-electron chi connectivity index (χ1n) is 3.72. The lowest BCUT2D eigenvalue weighted by Crippen LogP contribution is -2.01. The van der Waals surface area contributed by atoms with Gasteiger partial charge in [-0.25, -0.2) is 4.79 Å². The van der Waals surface area contributed by atoms with Gasteiger partial charge in [0.25, 0.3) is 0 Å². The van der Waals surface area contributed by atoms with Gasteiger partial charge in [0.05, 0.1) is 12.7 Å². The van der Waals surface area contributed by atoms with Crippen molar-refractivity contribution >= 4 is 45.1 Å². The molecular weight excluding hydrogens is 291 g/mol. The zero-order chi connectivity index (χ0) is 10.7. The highest BCUT2D eigenvalue weighted by Crippen LogP contribution is 2.28. The highest BCUT2D eigenvalue weighted by molar-refractivity contribution is 9.08. The van der Waals surface area contributed by atoms with E-state index in [1.807, 2.05) is 0 Å². The van der Waals surface area contributed by atoms with Gasteiger partial charge in [0.15, 0.2) is 0 Å². The van der Waals surface area contributed by atoms with Crippen molar-refractivity contribution < 1.29 is 9.53 Å². The molecule has 0 radical (unpaired) electrons. The summed E-state index contributed by atoms with van der Waals surface area (Å²) in [7, 11) is 1.31. The molecule has 0 atom stereocenters. The van der Waals surface area contributed by atoms with E-state index in [-0.39, 0.29) is 0 Å². The minimum Gasteiger partial charge on any atom is -0.465 e. The predicted molar refractivity (Wildman–Crippen MR) is 60.4 cm³/mol. The van der Waals surface area contributed by atoms with Crippen LogP contribution < -0.4 is 0 Å². The number of hydrogen-bond donors (Lipinski definition) is 0. The second-order valence-electron chi connectivity index (χ2n) is 2.54. The molecule has 76 valence electrons. The maximum atomic E-state index is 11.2. The molecule has 0 fully saturated rings. The summed E-state index contributed by atoms with van der Waals surface area (Å²) in [5.41, 5.74) is 1.12. The molecule has 0 aliphatic carbocycles. The quantitative estimate of drug-likeness (QED) is 0.615. The van der Waals surface area contributed by atoms with Crippen LogP contribution in [0.1, 0.15) is 15.9 Å². The van der Waals surface area contributed by atoms with Gasteiger partial charge in [-0.2, -0.15) is 0 Å². The van der Waals surface area contributed by atoms with Gasteiger partial charge < -0.3 is 4.74 Å². The topological polar surface area (TPSA) is 26.3 Å². The van der Waals surface area contributed by atoms with Crippen LogP contribution in [0.4, 0.5) is 0 Å². The van der Waals surface area contributed by atoms with Gasteiger partial charge in [0.2, 0.25) is 0 Å². The van der Waals surface area contributed by atoms with E-state index in [9.17, 15) is 4.79 Å². The molecule has 0 unspecified atom stereocenters. The molecule has 0 aliphatic rings. The van der Waals surface area contributed by atoms with Crippen molar-refractivity contribution in [1.82, 2.24) is 0 Å². The van der Waals surface area contributed by atoms with Crippen LogP contribution in [0.2, 0.25) is 10.0 Å². The Kier molecular flexibility index (Phi) is 4.23. The Bertz CT molecular complexity index is 343. The smallest absolute Gasteiger partial charge is 0.337 e. The molecule has 0 bridgehead atoms. The number of benzene rings is 1. The molecule has 1 aromatic carbocycles. The van der Waals surface area contributed by atoms with Crippen molar-refractivity contribution in [2.75, 3.05) is 7.11 Å². The zero-order valence-electron chi connectivity index (χ0n) is 7.31. The summed E-state index contributed by atoms with van der Waals surface area (Å²) in [5.74, 6) is -0.449. The van der Waals surface area contributed by atoms with E-state index in [0.29, 0.717) is 20.9 Å². The predicted octanol–water partition coefficient (Wildman–Crippen LogP) is 3.67. The SMILES string of the molecule is COC(=O)c1cc(Cl)c(CBr)c(Cl)c1. The number of carbonyl (C=O) groups excluding carboxylic acids is 1. The van der Waals surface area contributed by atoms with Gasteiger partial charge in [0.1, 0.15) is 0 Å². The molecule has 0 saturated heterocycles. The third-order valence-corrected chi connectivity index (χ3v) is 2.93. The van der Waals surface area contributed by atoms with Crippen molar-refractivity contribution in [1.29, 1.82) is 0 Å². The number of ether oxygens (including phenoxy) is 1. The number of carbonyl (C=O) groups is 1. The molecule has 0 spiro atoms. The van der Waals surface area contributed by atoms with Crippen molar-refractivity contribution in [3.8, 4) is 0 Å². The largest absolute Gasteiger partial charge is 0.465 e. The third-order valence-electron chi connectivity index (χ3n) is 1.70. The maximum absolute atomic E-state index is 11.2. The molecule has 0 saturated carbocycles. The van der Waals surface area contributed by atoms with Crippen molar-refractivity contribution in [2.45, 2.75) is 5.33 Å². The highest BCUT2D eigenvalue weighted by atomic mass is 79.9. The molecular formula is C9H7BrCl2O2. The van der Waals surface area contributed by atoms with Crippen molar-refractivity contribution in [2.24, 2.45) is 0 Å². The molecule has 0 heterocycles. The van der Waals surface area contributed by atoms with Crippen LogP contribution in [0.3, 0.4) is 0 Å². The van der Waals surface area contributed by atoms with Gasteiger partial charge in [-0.15, -0.1) is 0 Å². The number of rotatable bonds is 2. The molecule has 2 nitrogen and oxygen atoms in total. The first-order chi connectivity index (χ1) is 6.60. The summed E-state index contributed by atoms with van der Waals surface area (Å²) < 4.78 is 4.55. The van der Waals surface area contributed by atoms with E-state index in [1.54, 1.807) is 0 Å². The van der Waals surface area contributed by atoms with Gasteiger partial charge in [-0.1, -0.05) is 39.1 Å². The van der Waals surface area contributed by atoms with E-state index in [0.717, 1.165) is 5.56 Å². The molecule has 0 N–H and O–H groups in total. The monoisotopic (exact) mass is 296 g/mol. The average molecular weight is 298 g/mol. The number of alkyl halides is 1. The van der Waals surface area contributed by atoms with E-state index in [1.165, 1.54) is 19.2 Å². The second-order valence-corrected chi connectivity index (χ2v) is 3.92. The summed E-state index contributed by atoms with van der Waals surface area (Å²) in [6.45, 7) is 0. The molecule has 14 heavy (non-hydrogen) atoms. The average Bonchev–Trinajstić information content (AvgIpc) is 2.16. The van der Waals surface area contributed by atoms with Crippen LogP contribution in [-0.4, -0.2) is 13.1 Å². The first-order valence-corrected chi connectivity index (χ1v) is 5.60. The van der Waals surface area contributed by atoms with E-state index >= 15 is 0 Å². The van der Waals surface area contributed by atoms with Crippen LogP contribution >= 0.6 is 39.1 Å². The molecule has 5 heteroatoms. The fraction of sp³-hybridized carbons (Fsp3) is 0.222. The van der Waals surface area contributed by atoms with Crippen LogP contribution in [0.25, 0.3) is 0 Å². The summed E-state index contributed by atoms with van der Waals surface area (Å²) in [4.78, 5) is 11.2. The number of methoxy groups -OCH3 is 1. The minimum absolute atomic E-state index is 0.354. The Labute approximate surface area is 100 Å². The van der Waals surface area contributed by atoms with Crippen LogP contribution in [0.15, 0.2) is 12.1 Å². The number of halogens is 3. The summed E-state index contributed by atoms with van der Waals surface area (Å²) in [6.07, 6.45) is 0. The fourth-order valence-corrected chi connectivity index (χ4v) is 2.51. The standard InChI is InChI=1S/C9H7BrCl2O2/c1-14-9(13)5-2-7(11)6(4-10)8(12)3-5/h2-3H,4H2,1H3. The zero-order valence-corrected chi connectivity index (χ0v) is 10.4. The summed E-state index contributed by atoms with van der Waals surface area (Å²) in [6, 6.07) is 3.08. The Morgan fingerprint density at radius 3 is 2.29 bits per heavy atom. The van der Waals surface area contributed by atoms with Gasteiger partial charge in [0, 0.05) is 15.4 Å². The lowest BCUT2D eigenvalue weighted by Gasteiger charge is -2.06. The summed E-state index contributed by atoms with van der Waals surface area (Å²) in [5, 5.41) is 1.45. The van der Waals surface area contributed by atoms with Crippen LogP contribution in [-0.2, 0) is 10.1 Å². The van der Waals surface area contributed by atoms with E-state index < -0.39 is 5.97 Å². The third kappa shape index (κ3) is 2.41. The van der Waals surface area contributed by atoms with Gasteiger partial charge in [-0.05, 0) is 17.7 Å². The number of esters is 1. The molecule has 1 aromatic rings. The van der Waals surface area contributed by atoms with E-state index in [4.69, 9.17) is 23.2 Å². The highest BCUT2D eigenvalue weighted by Gasteiger charge is 2.12. The number of hydrogen-bond acceptors (Lipinski definition) is 2. The molecule has 0 aliphatic heterocycles. The van der Waals surface area contributed by atoms with E-state index in [2.05, 4.69) is 20.7 Å². The lowest BCUT2D eigenvalue weighted by atomic mass is 10.1.